The van der Waals surface area contributed by atoms with Crippen LogP contribution in [0.4, 0.5) is 0 Å². The number of fused-ring (bicyclic) bond motifs is 6. The molecule has 11 fully saturated rings. The van der Waals surface area contributed by atoms with Crippen molar-refractivity contribution in [2.24, 2.45) is 118 Å². The molecule has 18 unspecified atom stereocenters. The first-order valence-corrected chi connectivity index (χ1v) is 27.2. The van der Waals surface area contributed by atoms with Crippen LogP contribution in [0.2, 0.25) is 0 Å². The number of rotatable bonds is 5. The third-order valence-corrected chi connectivity index (χ3v) is 22.8. The van der Waals surface area contributed by atoms with Crippen molar-refractivity contribution in [3.8, 4) is 0 Å². The molecule has 0 bridgehead atoms. The summed E-state index contributed by atoms with van der Waals surface area (Å²) in [6.07, 6.45) is 56.7. The maximum absolute atomic E-state index is 1.71. The molecule has 0 N–H and O–H groups in total. The van der Waals surface area contributed by atoms with E-state index >= 15 is 0 Å². The fourth-order valence-electron chi connectivity index (χ4n) is 20.4. The van der Waals surface area contributed by atoms with E-state index in [1.165, 1.54) is 6.42 Å². The van der Waals surface area contributed by atoms with E-state index in [2.05, 4.69) is 0 Å². The lowest BCUT2D eigenvalue weighted by atomic mass is 9.52. The molecule has 0 heterocycles. The van der Waals surface area contributed by atoms with E-state index in [0.29, 0.717) is 0 Å². The van der Waals surface area contributed by atoms with Crippen LogP contribution >= 0.6 is 0 Å². The Kier molecular flexibility index (Phi) is 11.6. The fraction of sp³-hybridized carbons (Fsp3) is 1.00. The molecule has 11 aliphatic carbocycles. The van der Waals surface area contributed by atoms with Gasteiger partial charge < -0.3 is 0 Å². The summed E-state index contributed by atoms with van der Waals surface area (Å²) in [7, 11) is 0. The van der Waals surface area contributed by atoms with Crippen LogP contribution in [-0.2, 0) is 0 Å². The highest BCUT2D eigenvalue weighted by Crippen LogP contribution is 2.65. The molecule has 11 aliphatic rings. The van der Waals surface area contributed by atoms with E-state index in [1.54, 1.807) is 218 Å². The average molecular weight is 751 g/mol. The first-order chi connectivity index (χ1) is 27.2. The van der Waals surface area contributed by atoms with E-state index in [1.807, 2.05) is 0 Å². The van der Waals surface area contributed by atoms with Crippen molar-refractivity contribution in [1.82, 2.24) is 0 Å². The molecule has 11 saturated carbocycles. The maximum atomic E-state index is 1.71. The van der Waals surface area contributed by atoms with Gasteiger partial charge in [0.15, 0.2) is 0 Å². The van der Waals surface area contributed by atoms with Gasteiger partial charge in [-0.05, 0) is 228 Å². The molecule has 0 aromatic rings. The molecule has 55 heavy (non-hydrogen) atoms. The van der Waals surface area contributed by atoms with Crippen LogP contribution in [0, 0.1) is 118 Å². The van der Waals surface area contributed by atoms with Crippen molar-refractivity contribution in [2.75, 3.05) is 0 Å². The molecule has 0 spiro atoms. The summed E-state index contributed by atoms with van der Waals surface area (Å²) in [6, 6.07) is 0. The molecule has 0 amide bonds. The quantitative estimate of drug-likeness (QED) is 0.262. The second-order valence-electron chi connectivity index (χ2n) is 25.0. The van der Waals surface area contributed by atoms with E-state index in [4.69, 9.17) is 0 Å². The van der Waals surface area contributed by atoms with Crippen LogP contribution in [0.1, 0.15) is 225 Å². The lowest BCUT2D eigenvalue weighted by molar-refractivity contribution is -0.0330. The summed E-state index contributed by atoms with van der Waals surface area (Å²) < 4.78 is 0. The standard InChI is InChI=1S/C55H90/c1-3-11-36(12-4-1)42-21-22-44-27-46(24-23-43(44)26-42)48-29-47(45-20-19-37-13-7-8-16-39(37)25-45)30-49(31-48)50-32-52-33-51-28-40-17-9-10-18-41(40)34-54(51)55(52)53(35-50)38-14-5-2-6-15-38/h36-55H,1-35H2. The average Bonchev–Trinajstić information content (AvgIpc) is 3.62. The highest BCUT2D eigenvalue weighted by atomic mass is 14.6. The zero-order valence-corrected chi connectivity index (χ0v) is 36.3. The fourth-order valence-corrected chi connectivity index (χ4v) is 20.4. The van der Waals surface area contributed by atoms with Gasteiger partial charge in [0.25, 0.3) is 0 Å². The molecular formula is C55H90. The predicted molar refractivity (Wildman–Crippen MR) is 231 cm³/mol. The minimum Gasteiger partial charge on any atom is -0.0533 e. The summed E-state index contributed by atoms with van der Waals surface area (Å²) in [6.45, 7) is 0. The lowest BCUT2D eigenvalue weighted by Gasteiger charge is -2.53. The summed E-state index contributed by atoms with van der Waals surface area (Å²) in [5, 5.41) is 0. The van der Waals surface area contributed by atoms with Crippen LogP contribution < -0.4 is 0 Å². The minimum absolute atomic E-state index is 1.10. The van der Waals surface area contributed by atoms with Gasteiger partial charge in [0.05, 0.1) is 0 Å². The van der Waals surface area contributed by atoms with Gasteiger partial charge in [0, 0.05) is 0 Å². The lowest BCUT2D eigenvalue weighted by Crippen LogP contribution is -2.44. The van der Waals surface area contributed by atoms with Gasteiger partial charge in [-0.15, -0.1) is 0 Å². The largest absolute Gasteiger partial charge is 0.0533 e. The van der Waals surface area contributed by atoms with Gasteiger partial charge in [-0.1, -0.05) is 116 Å². The Balaban J connectivity index is 0.825. The van der Waals surface area contributed by atoms with Crippen LogP contribution in [-0.4, -0.2) is 0 Å². The van der Waals surface area contributed by atoms with Gasteiger partial charge in [-0.3, -0.25) is 0 Å². The molecule has 11 rings (SSSR count). The van der Waals surface area contributed by atoms with Crippen LogP contribution in [0.25, 0.3) is 0 Å². The third-order valence-electron chi connectivity index (χ3n) is 22.8. The van der Waals surface area contributed by atoms with Gasteiger partial charge in [0.1, 0.15) is 0 Å². The normalized spacial score (nSPS) is 52.6. The van der Waals surface area contributed by atoms with Crippen LogP contribution in [0.3, 0.4) is 0 Å². The van der Waals surface area contributed by atoms with Crippen molar-refractivity contribution in [3.05, 3.63) is 0 Å². The summed E-state index contributed by atoms with van der Waals surface area (Å²) in [5.74, 6) is 22.4. The van der Waals surface area contributed by atoms with E-state index in [-0.39, 0.29) is 0 Å². The van der Waals surface area contributed by atoms with Crippen molar-refractivity contribution in [1.29, 1.82) is 0 Å². The van der Waals surface area contributed by atoms with Crippen molar-refractivity contribution in [3.63, 3.8) is 0 Å². The molecule has 0 aliphatic heterocycles. The molecular weight excluding hydrogens is 661 g/mol. The number of hydrogen-bond donors (Lipinski definition) is 0. The molecule has 0 nitrogen and oxygen atoms in total. The zero-order chi connectivity index (χ0) is 36.3. The van der Waals surface area contributed by atoms with E-state index in [9.17, 15) is 0 Å². The molecule has 0 saturated heterocycles. The Hall–Kier alpha value is 0. The molecule has 0 aromatic carbocycles. The topological polar surface area (TPSA) is 0 Å². The Labute approximate surface area is 341 Å². The second-order valence-corrected chi connectivity index (χ2v) is 25.0. The summed E-state index contributed by atoms with van der Waals surface area (Å²) >= 11 is 0. The Morgan fingerprint density at radius 2 is 0.400 bits per heavy atom. The van der Waals surface area contributed by atoms with Gasteiger partial charge in [-0.25, -0.2) is 0 Å². The van der Waals surface area contributed by atoms with E-state index < -0.39 is 0 Å². The Morgan fingerprint density at radius 1 is 0.145 bits per heavy atom. The zero-order valence-electron chi connectivity index (χ0n) is 36.3. The maximum Gasteiger partial charge on any atom is -0.0323 e. The Bertz CT molecular complexity index is 1240. The van der Waals surface area contributed by atoms with Crippen LogP contribution in [0.15, 0.2) is 0 Å². The van der Waals surface area contributed by atoms with Crippen molar-refractivity contribution >= 4 is 0 Å². The smallest absolute Gasteiger partial charge is 0.0323 e. The number of hydrogen-bond acceptors (Lipinski definition) is 0. The predicted octanol–water partition coefficient (Wildman–Crippen LogP) is 16.1. The van der Waals surface area contributed by atoms with Crippen LogP contribution in [0.5, 0.6) is 0 Å². The highest BCUT2D eigenvalue weighted by Gasteiger charge is 2.56. The highest BCUT2D eigenvalue weighted by molar-refractivity contribution is 5.05. The minimum atomic E-state index is 1.10. The SMILES string of the molecule is C1CCC(C2CCC3CC(C4CC(C5CCC6CCCCC6C5)CC(C5CC6CC7CC8CCCCC8CC7C6C(C6CCCCC6)C5)C4)CCC3C2)CC1. The molecule has 18 atom stereocenters. The first-order valence-electron chi connectivity index (χ1n) is 27.2. The first kappa shape index (κ1) is 38.0. The molecule has 0 aromatic heterocycles. The summed E-state index contributed by atoms with van der Waals surface area (Å²) in [4.78, 5) is 0. The van der Waals surface area contributed by atoms with Crippen molar-refractivity contribution in [2.45, 2.75) is 225 Å². The van der Waals surface area contributed by atoms with Gasteiger partial charge in [-0.2, -0.15) is 0 Å². The second kappa shape index (κ2) is 16.8. The molecule has 0 heteroatoms. The summed E-state index contributed by atoms with van der Waals surface area (Å²) in [5.41, 5.74) is 0. The monoisotopic (exact) mass is 751 g/mol. The van der Waals surface area contributed by atoms with Gasteiger partial charge >= 0.3 is 0 Å². The van der Waals surface area contributed by atoms with Crippen molar-refractivity contribution < 1.29 is 0 Å². The van der Waals surface area contributed by atoms with Gasteiger partial charge in [0.2, 0.25) is 0 Å². The molecule has 310 valence electrons. The van der Waals surface area contributed by atoms with E-state index in [0.717, 1.165) is 118 Å². The third kappa shape index (κ3) is 7.78. The Morgan fingerprint density at radius 3 is 0.982 bits per heavy atom. The molecule has 0 radical (unpaired) electrons.